The quantitative estimate of drug-likeness (QED) is 0.160. The summed E-state index contributed by atoms with van der Waals surface area (Å²) in [6.45, 7) is 0. The maximum atomic E-state index is 6.63. The van der Waals surface area contributed by atoms with Crippen LogP contribution in [0.1, 0.15) is 0 Å². The van der Waals surface area contributed by atoms with Crippen LogP contribution in [0.4, 0.5) is 17.1 Å². The molecule has 4 heteroatoms. The van der Waals surface area contributed by atoms with Crippen molar-refractivity contribution in [2.24, 2.45) is 0 Å². The molecule has 4 nitrogen and oxygen atoms in total. The van der Waals surface area contributed by atoms with E-state index in [0.29, 0.717) is 0 Å². The number of aromatic nitrogens is 1. The minimum atomic E-state index is 0.840. The molecular weight excluding hydrogens is 829 g/mol. The summed E-state index contributed by atoms with van der Waals surface area (Å²) in [5.74, 6) is 0. The molecule has 11 aromatic carbocycles. The highest BCUT2D eigenvalue weighted by atomic mass is 16.3. The molecule has 0 bridgehead atoms. The summed E-state index contributed by atoms with van der Waals surface area (Å²) in [7, 11) is 0. The van der Waals surface area contributed by atoms with Crippen molar-refractivity contribution in [3.8, 4) is 39.1 Å². The Morgan fingerprint density at radius 3 is 1.76 bits per heavy atom. The van der Waals surface area contributed by atoms with Crippen molar-refractivity contribution in [2.45, 2.75) is 0 Å². The van der Waals surface area contributed by atoms with E-state index in [1.54, 1.807) is 0 Å². The molecule has 0 N–H and O–H groups in total. The van der Waals surface area contributed by atoms with E-state index in [1.807, 2.05) is 18.2 Å². The Morgan fingerprint density at radius 1 is 0.324 bits per heavy atom. The lowest BCUT2D eigenvalue weighted by molar-refractivity contribution is 0.668. The van der Waals surface area contributed by atoms with Crippen LogP contribution < -0.4 is 4.90 Å². The molecule has 3 aromatic heterocycles. The molecule has 68 heavy (non-hydrogen) atoms. The van der Waals surface area contributed by atoms with Gasteiger partial charge in [0.1, 0.15) is 22.3 Å². The lowest BCUT2D eigenvalue weighted by Crippen LogP contribution is -2.11. The van der Waals surface area contributed by atoms with Gasteiger partial charge in [-0.05, 0) is 117 Å². The van der Waals surface area contributed by atoms with Crippen molar-refractivity contribution in [1.82, 2.24) is 4.57 Å². The summed E-state index contributed by atoms with van der Waals surface area (Å²) in [6.07, 6.45) is 0. The van der Waals surface area contributed by atoms with Crippen LogP contribution in [0.2, 0.25) is 0 Å². The predicted molar refractivity (Wildman–Crippen MR) is 284 cm³/mol. The van der Waals surface area contributed by atoms with Gasteiger partial charge in [-0.2, -0.15) is 0 Å². The molecule has 318 valence electrons. The predicted octanol–water partition coefficient (Wildman–Crippen LogP) is 18.2. The van der Waals surface area contributed by atoms with Crippen LogP contribution in [0.15, 0.2) is 251 Å². The Labute approximate surface area is 391 Å². The third kappa shape index (κ3) is 5.94. The molecule has 0 atom stereocenters. The lowest BCUT2D eigenvalue weighted by Gasteiger charge is -2.28. The van der Waals surface area contributed by atoms with E-state index >= 15 is 0 Å². The maximum Gasteiger partial charge on any atom is 0.137 e. The van der Waals surface area contributed by atoms with Crippen LogP contribution >= 0.6 is 0 Å². The highest BCUT2D eigenvalue weighted by molar-refractivity contribution is 6.22. The van der Waals surface area contributed by atoms with Gasteiger partial charge in [0.05, 0.1) is 27.8 Å². The molecule has 0 aliphatic heterocycles. The van der Waals surface area contributed by atoms with E-state index in [9.17, 15) is 0 Å². The molecule has 14 rings (SSSR count). The van der Waals surface area contributed by atoms with E-state index in [-0.39, 0.29) is 0 Å². The number of nitrogens with zero attached hydrogens (tertiary/aromatic N) is 2. The number of fused-ring (bicyclic) bond motifs is 10. The fraction of sp³-hybridized carbons (Fsp3) is 0. The van der Waals surface area contributed by atoms with Crippen molar-refractivity contribution < 1.29 is 8.83 Å². The SMILES string of the molecule is c1ccc(-c2cc(-c3ccccc3)c3c(c2)c2c(N(c4cccc(-c5cccc6ccccc56)c4)c4cccc5oc6ccccc6c45)cccc2n3-c2ccc3oc4ccccc4c3c2)cc1. The molecule has 0 aliphatic carbocycles. The van der Waals surface area contributed by atoms with Gasteiger partial charge >= 0.3 is 0 Å². The average Bonchev–Trinajstić information content (AvgIpc) is 4.09. The second-order valence-electron chi connectivity index (χ2n) is 17.6. The van der Waals surface area contributed by atoms with E-state index in [0.717, 1.165) is 116 Å². The molecule has 3 heterocycles. The van der Waals surface area contributed by atoms with Gasteiger partial charge in [0.15, 0.2) is 0 Å². The van der Waals surface area contributed by atoms with Crippen LogP contribution in [-0.2, 0) is 0 Å². The average molecular weight is 869 g/mol. The molecule has 0 spiro atoms. The monoisotopic (exact) mass is 868 g/mol. The van der Waals surface area contributed by atoms with Crippen molar-refractivity contribution in [3.05, 3.63) is 243 Å². The molecule has 0 fully saturated rings. The second kappa shape index (κ2) is 15.2. The van der Waals surface area contributed by atoms with E-state index in [2.05, 4.69) is 234 Å². The smallest absolute Gasteiger partial charge is 0.137 e. The number of furan rings is 2. The Bertz CT molecular complexity index is 4270. The third-order valence-corrected chi connectivity index (χ3v) is 13.7. The number of benzene rings is 11. The summed E-state index contributed by atoms with van der Waals surface area (Å²) < 4.78 is 15.5. The second-order valence-corrected chi connectivity index (χ2v) is 17.6. The number of hydrogen-bond acceptors (Lipinski definition) is 3. The molecule has 0 aliphatic rings. The molecule has 0 radical (unpaired) electrons. The highest BCUT2D eigenvalue weighted by Crippen LogP contribution is 2.50. The first-order valence-electron chi connectivity index (χ1n) is 23.2. The van der Waals surface area contributed by atoms with Crippen molar-refractivity contribution in [2.75, 3.05) is 4.90 Å². The Kier molecular flexibility index (Phi) is 8.55. The Balaban J connectivity index is 1.13. The number of para-hydroxylation sites is 2. The Morgan fingerprint density at radius 2 is 0.926 bits per heavy atom. The maximum absolute atomic E-state index is 6.63. The van der Waals surface area contributed by atoms with Crippen LogP contribution in [-0.4, -0.2) is 4.57 Å². The van der Waals surface area contributed by atoms with Crippen LogP contribution in [0.3, 0.4) is 0 Å². The van der Waals surface area contributed by atoms with Gasteiger partial charge in [0, 0.05) is 43.9 Å². The summed E-state index contributed by atoms with van der Waals surface area (Å²) >= 11 is 0. The summed E-state index contributed by atoms with van der Waals surface area (Å²) in [5.41, 5.74) is 16.8. The first-order chi connectivity index (χ1) is 33.7. The van der Waals surface area contributed by atoms with Crippen LogP contribution in [0.5, 0.6) is 0 Å². The van der Waals surface area contributed by atoms with Gasteiger partial charge in [-0.1, -0.05) is 164 Å². The van der Waals surface area contributed by atoms with Crippen LogP contribution in [0.25, 0.3) is 116 Å². The summed E-state index contributed by atoms with van der Waals surface area (Å²) in [4.78, 5) is 2.47. The first-order valence-corrected chi connectivity index (χ1v) is 23.2. The van der Waals surface area contributed by atoms with E-state index < -0.39 is 0 Å². The zero-order chi connectivity index (χ0) is 44.7. The van der Waals surface area contributed by atoms with Crippen molar-refractivity contribution >= 4 is 93.5 Å². The zero-order valence-corrected chi connectivity index (χ0v) is 36.8. The van der Waals surface area contributed by atoms with Gasteiger partial charge in [-0.15, -0.1) is 0 Å². The molecule has 0 saturated carbocycles. The summed E-state index contributed by atoms with van der Waals surface area (Å²) in [5, 5.41) is 9.02. The number of rotatable bonds is 7. The Hall–Kier alpha value is -9.12. The topological polar surface area (TPSA) is 34.5 Å². The van der Waals surface area contributed by atoms with Gasteiger partial charge in [-0.3, -0.25) is 0 Å². The number of anilines is 3. The normalized spacial score (nSPS) is 11.8. The molecule has 0 unspecified atom stereocenters. The van der Waals surface area contributed by atoms with Gasteiger partial charge < -0.3 is 18.3 Å². The molecule has 14 aromatic rings. The van der Waals surface area contributed by atoms with E-state index in [1.165, 1.54) is 16.3 Å². The third-order valence-electron chi connectivity index (χ3n) is 13.7. The van der Waals surface area contributed by atoms with Gasteiger partial charge in [0.2, 0.25) is 0 Å². The fourth-order valence-electron chi connectivity index (χ4n) is 10.8. The first kappa shape index (κ1) is 38.2. The lowest BCUT2D eigenvalue weighted by atomic mass is 9.95. The minimum absolute atomic E-state index is 0.840. The minimum Gasteiger partial charge on any atom is -0.456 e. The van der Waals surface area contributed by atoms with Crippen molar-refractivity contribution in [1.29, 1.82) is 0 Å². The highest BCUT2D eigenvalue weighted by Gasteiger charge is 2.27. The standard InChI is InChI=1S/C64H40N2O2/c1-3-17-41(18-4-1)45-38-52(43-19-5-2-6-20-43)64-54(39-45)62-55(29-15-30-56(62)66(64)47-35-36-60-53(40-47)50-26-9-11-32-58(50)67-60)65(57-31-16-34-61-63(57)51-27-10-12-33-59(51)68-61)46-24-13-23-44(37-46)49-28-14-22-42-21-7-8-25-48(42)49/h1-40H. The van der Waals surface area contributed by atoms with Gasteiger partial charge in [0.25, 0.3) is 0 Å². The largest absolute Gasteiger partial charge is 0.456 e. The summed E-state index contributed by atoms with van der Waals surface area (Å²) in [6, 6.07) is 87.2. The fourth-order valence-corrected chi connectivity index (χ4v) is 10.8. The molecule has 0 saturated heterocycles. The van der Waals surface area contributed by atoms with Gasteiger partial charge in [-0.25, -0.2) is 0 Å². The van der Waals surface area contributed by atoms with Crippen LogP contribution in [0, 0.1) is 0 Å². The molecular formula is C64H40N2O2. The van der Waals surface area contributed by atoms with E-state index in [4.69, 9.17) is 8.83 Å². The number of hydrogen-bond donors (Lipinski definition) is 0. The van der Waals surface area contributed by atoms with Crippen molar-refractivity contribution in [3.63, 3.8) is 0 Å². The molecule has 0 amide bonds. The zero-order valence-electron chi connectivity index (χ0n) is 36.8.